The number of hydrogen-bond donors (Lipinski definition) is 1. The van der Waals surface area contributed by atoms with Crippen LogP contribution in [0.1, 0.15) is 58.9 Å². The minimum absolute atomic E-state index is 0.0112. The molecule has 0 unspecified atom stereocenters. The van der Waals surface area contributed by atoms with Crippen molar-refractivity contribution >= 4 is 6.09 Å². The molecule has 0 atom stereocenters. The van der Waals surface area contributed by atoms with Gasteiger partial charge in [0.05, 0.1) is 0 Å². The second-order valence-corrected chi connectivity index (χ2v) is 8.49. The molecule has 1 N–H and O–H groups in total. The van der Waals surface area contributed by atoms with Gasteiger partial charge in [-0.15, -0.1) is 0 Å². The standard InChI is InChI=1S/C23H35N3O2/c1-6-7-9-19(16-24-5)11-15-26(21(27)28-22(2,3)4)18-23(12-13-23)20-10-8-14-25-17-20/h7-10,14,16-17,24H,6,11-13,15,18H2,1-5H3/b9-7-,19-16+. The van der Waals surface area contributed by atoms with Crippen LogP contribution in [0.2, 0.25) is 0 Å². The number of allylic oxidation sites excluding steroid dienone is 2. The molecule has 1 fully saturated rings. The van der Waals surface area contributed by atoms with Crippen LogP contribution in [0.15, 0.2) is 48.5 Å². The van der Waals surface area contributed by atoms with Crippen molar-refractivity contribution in [3.8, 4) is 0 Å². The van der Waals surface area contributed by atoms with E-state index in [9.17, 15) is 4.79 Å². The van der Waals surface area contributed by atoms with Crippen LogP contribution >= 0.6 is 0 Å². The molecule has 0 spiro atoms. The molecule has 0 aromatic carbocycles. The van der Waals surface area contributed by atoms with E-state index < -0.39 is 5.60 Å². The van der Waals surface area contributed by atoms with Gasteiger partial charge in [0.25, 0.3) is 0 Å². The maximum Gasteiger partial charge on any atom is 0.410 e. The lowest BCUT2D eigenvalue weighted by atomic mass is 9.97. The van der Waals surface area contributed by atoms with Gasteiger partial charge in [-0.05, 0) is 69.9 Å². The van der Waals surface area contributed by atoms with Crippen molar-refractivity contribution in [2.75, 3.05) is 20.1 Å². The number of ether oxygens (including phenoxy) is 1. The number of carbonyl (C=O) groups excluding carboxylic acids is 1. The molecule has 0 radical (unpaired) electrons. The van der Waals surface area contributed by atoms with Gasteiger partial charge in [0.2, 0.25) is 0 Å². The van der Waals surface area contributed by atoms with Crippen LogP contribution in [-0.2, 0) is 10.2 Å². The van der Waals surface area contributed by atoms with Crippen LogP contribution in [0.4, 0.5) is 4.79 Å². The topological polar surface area (TPSA) is 54.5 Å². The summed E-state index contributed by atoms with van der Waals surface area (Å²) in [5, 5.41) is 3.10. The fraction of sp³-hybridized carbons (Fsp3) is 0.565. The van der Waals surface area contributed by atoms with Crippen molar-refractivity contribution in [3.63, 3.8) is 0 Å². The zero-order valence-electron chi connectivity index (χ0n) is 18.0. The Bertz CT molecular complexity index is 686. The zero-order valence-corrected chi connectivity index (χ0v) is 18.0. The lowest BCUT2D eigenvalue weighted by molar-refractivity contribution is 0.0234. The Hall–Kier alpha value is -2.30. The number of pyridine rings is 1. The quantitative estimate of drug-likeness (QED) is 0.620. The summed E-state index contributed by atoms with van der Waals surface area (Å²) in [6.07, 6.45) is 13.6. The van der Waals surface area contributed by atoms with Gasteiger partial charge in [-0.1, -0.05) is 25.1 Å². The molecule has 1 aliphatic carbocycles. The Labute approximate surface area is 169 Å². The summed E-state index contributed by atoms with van der Waals surface area (Å²) < 4.78 is 5.70. The Morgan fingerprint density at radius 2 is 2.14 bits per heavy atom. The molecule has 0 saturated heterocycles. The second kappa shape index (κ2) is 9.76. The lowest BCUT2D eigenvalue weighted by Crippen LogP contribution is -2.41. The van der Waals surface area contributed by atoms with Gasteiger partial charge in [-0.25, -0.2) is 4.79 Å². The smallest absolute Gasteiger partial charge is 0.410 e. The maximum atomic E-state index is 12.9. The average Bonchev–Trinajstić information content (AvgIpc) is 3.43. The van der Waals surface area contributed by atoms with Gasteiger partial charge in [-0.2, -0.15) is 0 Å². The summed E-state index contributed by atoms with van der Waals surface area (Å²) in [5.41, 5.74) is 1.88. The van der Waals surface area contributed by atoms with Gasteiger partial charge in [0, 0.05) is 37.9 Å². The first-order valence-electron chi connectivity index (χ1n) is 10.2. The molecule has 0 aliphatic heterocycles. The highest BCUT2D eigenvalue weighted by Crippen LogP contribution is 2.48. The number of aromatic nitrogens is 1. The van der Waals surface area contributed by atoms with Crippen LogP contribution in [-0.4, -0.2) is 41.7 Å². The minimum atomic E-state index is -0.508. The number of carbonyl (C=O) groups is 1. The predicted octanol–water partition coefficient (Wildman–Crippen LogP) is 4.81. The van der Waals surface area contributed by atoms with Crippen molar-refractivity contribution in [1.82, 2.24) is 15.2 Å². The first kappa shape index (κ1) is 22.0. The molecule has 1 aromatic heterocycles. The van der Waals surface area contributed by atoms with Crippen molar-refractivity contribution in [1.29, 1.82) is 0 Å². The van der Waals surface area contributed by atoms with E-state index in [1.54, 1.807) is 6.20 Å². The van der Waals surface area contributed by atoms with E-state index in [1.165, 1.54) is 11.1 Å². The average molecular weight is 386 g/mol. The summed E-state index contributed by atoms with van der Waals surface area (Å²) in [6.45, 7) is 9.13. The molecule has 2 rings (SSSR count). The van der Waals surface area contributed by atoms with Crippen molar-refractivity contribution in [2.45, 2.75) is 64.4 Å². The molecule has 0 bridgehead atoms. The zero-order chi connectivity index (χ0) is 20.6. The molecule has 1 amide bonds. The molecule has 28 heavy (non-hydrogen) atoms. The van der Waals surface area contributed by atoms with E-state index >= 15 is 0 Å². The third-order valence-electron chi connectivity index (χ3n) is 4.84. The number of hydrogen-bond acceptors (Lipinski definition) is 4. The summed E-state index contributed by atoms with van der Waals surface area (Å²) in [7, 11) is 1.90. The van der Waals surface area contributed by atoms with Crippen LogP contribution in [0.25, 0.3) is 0 Å². The van der Waals surface area contributed by atoms with Gasteiger partial charge < -0.3 is 15.0 Å². The Kier molecular flexibility index (Phi) is 7.67. The molecule has 5 heteroatoms. The van der Waals surface area contributed by atoms with E-state index in [2.05, 4.69) is 35.4 Å². The highest BCUT2D eigenvalue weighted by Gasteiger charge is 2.46. The van der Waals surface area contributed by atoms with Crippen LogP contribution < -0.4 is 5.32 Å². The lowest BCUT2D eigenvalue weighted by Gasteiger charge is -2.30. The first-order chi connectivity index (χ1) is 13.3. The summed E-state index contributed by atoms with van der Waals surface area (Å²) >= 11 is 0. The number of rotatable bonds is 9. The van der Waals surface area contributed by atoms with Crippen LogP contribution in [0.3, 0.4) is 0 Å². The van der Waals surface area contributed by atoms with Crippen LogP contribution in [0, 0.1) is 0 Å². The fourth-order valence-corrected chi connectivity index (χ4v) is 3.21. The molecule has 1 heterocycles. The highest BCUT2D eigenvalue weighted by atomic mass is 16.6. The summed E-state index contributed by atoms with van der Waals surface area (Å²) in [4.78, 5) is 19.1. The van der Waals surface area contributed by atoms with E-state index in [-0.39, 0.29) is 11.5 Å². The number of nitrogens with one attached hydrogen (secondary N) is 1. The molecule has 154 valence electrons. The normalized spacial score (nSPS) is 16.1. The minimum Gasteiger partial charge on any atom is -0.444 e. The second-order valence-electron chi connectivity index (χ2n) is 8.49. The predicted molar refractivity (Wildman–Crippen MR) is 114 cm³/mol. The van der Waals surface area contributed by atoms with Gasteiger partial charge in [0.15, 0.2) is 0 Å². The summed E-state index contributed by atoms with van der Waals surface area (Å²) in [5.74, 6) is 0. The van der Waals surface area contributed by atoms with E-state index in [0.717, 1.165) is 25.7 Å². The third kappa shape index (κ3) is 6.70. The van der Waals surface area contributed by atoms with Crippen molar-refractivity contribution < 1.29 is 9.53 Å². The van der Waals surface area contributed by atoms with Crippen molar-refractivity contribution in [2.24, 2.45) is 0 Å². The monoisotopic (exact) mass is 385 g/mol. The molecule has 5 nitrogen and oxygen atoms in total. The van der Waals surface area contributed by atoms with E-state index in [0.29, 0.717) is 13.1 Å². The summed E-state index contributed by atoms with van der Waals surface area (Å²) in [6, 6.07) is 4.08. The van der Waals surface area contributed by atoms with E-state index in [4.69, 9.17) is 4.74 Å². The molecular weight excluding hydrogens is 350 g/mol. The fourth-order valence-electron chi connectivity index (χ4n) is 3.21. The third-order valence-corrected chi connectivity index (χ3v) is 4.84. The van der Waals surface area contributed by atoms with E-state index in [1.807, 2.05) is 51.2 Å². The Balaban J connectivity index is 2.14. The largest absolute Gasteiger partial charge is 0.444 e. The number of amides is 1. The Morgan fingerprint density at radius 3 is 2.68 bits per heavy atom. The molecule has 1 aromatic rings. The van der Waals surface area contributed by atoms with Crippen molar-refractivity contribution in [3.05, 3.63) is 54.0 Å². The highest BCUT2D eigenvalue weighted by molar-refractivity contribution is 5.68. The Morgan fingerprint density at radius 1 is 1.39 bits per heavy atom. The molecule has 1 aliphatic rings. The van der Waals surface area contributed by atoms with Crippen LogP contribution in [0.5, 0.6) is 0 Å². The maximum absolute atomic E-state index is 12.9. The van der Waals surface area contributed by atoms with Gasteiger partial charge >= 0.3 is 6.09 Å². The van der Waals surface area contributed by atoms with Gasteiger partial charge in [0.1, 0.15) is 5.60 Å². The SMILES string of the molecule is CC/C=C\C(=C/NC)CCN(CC1(c2cccnc2)CC1)C(=O)OC(C)(C)C. The first-order valence-corrected chi connectivity index (χ1v) is 10.2. The molecule has 1 saturated carbocycles. The van der Waals surface area contributed by atoms with Gasteiger partial charge in [-0.3, -0.25) is 4.98 Å². The number of nitrogens with zero attached hydrogens (tertiary/aromatic N) is 2. The molecular formula is C23H35N3O2.